The fourth-order valence-electron chi connectivity index (χ4n) is 1.17. The van der Waals surface area contributed by atoms with Gasteiger partial charge < -0.3 is 4.42 Å². The summed E-state index contributed by atoms with van der Waals surface area (Å²) in [4.78, 5) is 3.88. The molecule has 0 aliphatic heterocycles. The van der Waals surface area contributed by atoms with Crippen LogP contribution in [0.5, 0.6) is 0 Å². The van der Waals surface area contributed by atoms with Crippen molar-refractivity contribution < 1.29 is 13.2 Å². The summed E-state index contributed by atoms with van der Waals surface area (Å²) in [7, 11) is 0. The predicted octanol–water partition coefficient (Wildman–Crippen LogP) is 3.58. The van der Waals surface area contributed by atoms with Crippen molar-refractivity contribution in [2.75, 3.05) is 0 Å². The third-order valence-corrected chi connectivity index (χ3v) is 2.17. The van der Waals surface area contributed by atoms with E-state index in [4.69, 9.17) is 16.0 Å². The molecule has 15 heavy (non-hydrogen) atoms. The molecule has 0 atom stereocenters. The van der Waals surface area contributed by atoms with Gasteiger partial charge in [-0.1, -0.05) is 11.6 Å². The summed E-state index contributed by atoms with van der Waals surface area (Å²) in [5, 5.41) is 0.0655. The lowest BCUT2D eigenvalue weighted by Crippen LogP contribution is -1.87. The SMILES string of the molecule is Cc1cnc(-c2cc(F)c(F)cc2Cl)o1. The van der Waals surface area contributed by atoms with E-state index < -0.39 is 11.6 Å². The first-order chi connectivity index (χ1) is 7.08. The lowest BCUT2D eigenvalue weighted by molar-refractivity contribution is 0.506. The number of nitrogens with zero attached hydrogens (tertiary/aromatic N) is 1. The number of oxazole rings is 1. The molecule has 0 aliphatic carbocycles. The van der Waals surface area contributed by atoms with Crippen LogP contribution in [0.3, 0.4) is 0 Å². The van der Waals surface area contributed by atoms with E-state index in [0.29, 0.717) is 5.76 Å². The summed E-state index contributed by atoms with van der Waals surface area (Å²) in [5.74, 6) is -1.22. The summed E-state index contributed by atoms with van der Waals surface area (Å²) in [6.45, 7) is 1.70. The molecule has 5 heteroatoms. The molecule has 0 fully saturated rings. The lowest BCUT2D eigenvalue weighted by atomic mass is 10.2. The van der Waals surface area contributed by atoms with E-state index in [1.54, 1.807) is 6.92 Å². The third-order valence-electron chi connectivity index (χ3n) is 1.86. The van der Waals surface area contributed by atoms with Gasteiger partial charge in [0.05, 0.1) is 16.8 Å². The second-order valence-corrected chi connectivity index (χ2v) is 3.43. The van der Waals surface area contributed by atoms with Gasteiger partial charge in [-0.3, -0.25) is 0 Å². The van der Waals surface area contributed by atoms with Crippen molar-refractivity contribution in [3.8, 4) is 11.5 Å². The molecule has 0 radical (unpaired) electrons. The highest BCUT2D eigenvalue weighted by atomic mass is 35.5. The Hall–Kier alpha value is -1.42. The Bertz CT molecular complexity index is 510. The maximum atomic E-state index is 12.9. The van der Waals surface area contributed by atoms with E-state index in [1.165, 1.54) is 6.20 Å². The normalized spacial score (nSPS) is 10.7. The van der Waals surface area contributed by atoms with Crippen LogP contribution in [0.25, 0.3) is 11.5 Å². The smallest absolute Gasteiger partial charge is 0.227 e. The first-order valence-electron chi connectivity index (χ1n) is 4.15. The molecule has 0 aliphatic rings. The van der Waals surface area contributed by atoms with E-state index in [9.17, 15) is 8.78 Å². The number of aryl methyl sites for hydroxylation is 1. The molecule has 0 saturated carbocycles. The Morgan fingerprint density at radius 2 is 1.93 bits per heavy atom. The van der Waals surface area contributed by atoms with Crippen LogP contribution in [0.15, 0.2) is 22.7 Å². The quantitative estimate of drug-likeness (QED) is 0.699. The van der Waals surface area contributed by atoms with Crippen LogP contribution in [0, 0.1) is 18.6 Å². The molecule has 1 aromatic carbocycles. The predicted molar refractivity (Wildman–Crippen MR) is 51.6 cm³/mol. The lowest BCUT2D eigenvalue weighted by Gasteiger charge is -2.00. The van der Waals surface area contributed by atoms with E-state index in [2.05, 4.69) is 4.98 Å². The van der Waals surface area contributed by atoms with Gasteiger partial charge in [-0.2, -0.15) is 0 Å². The molecule has 2 nitrogen and oxygen atoms in total. The van der Waals surface area contributed by atoms with Crippen LogP contribution in [0.4, 0.5) is 8.78 Å². The zero-order chi connectivity index (χ0) is 11.0. The van der Waals surface area contributed by atoms with Gasteiger partial charge in [0.25, 0.3) is 0 Å². The standard InChI is InChI=1S/C10H6ClF2NO/c1-5-4-14-10(15-5)6-2-8(12)9(13)3-7(6)11/h2-4H,1H3. The van der Waals surface area contributed by atoms with E-state index >= 15 is 0 Å². The van der Waals surface area contributed by atoms with Gasteiger partial charge in [0.15, 0.2) is 11.6 Å². The molecule has 0 amide bonds. The summed E-state index contributed by atoms with van der Waals surface area (Å²) in [6, 6.07) is 1.86. The number of rotatable bonds is 1. The number of aromatic nitrogens is 1. The first kappa shape index (κ1) is 10.1. The average Bonchev–Trinajstić information content (AvgIpc) is 2.58. The molecule has 2 aromatic rings. The number of benzene rings is 1. The van der Waals surface area contributed by atoms with Crippen LogP contribution in [0.2, 0.25) is 5.02 Å². The zero-order valence-electron chi connectivity index (χ0n) is 7.72. The van der Waals surface area contributed by atoms with Crippen LogP contribution in [-0.2, 0) is 0 Å². The van der Waals surface area contributed by atoms with Crippen molar-refractivity contribution in [2.45, 2.75) is 6.92 Å². The number of halogens is 3. The van der Waals surface area contributed by atoms with Crippen LogP contribution < -0.4 is 0 Å². The van der Waals surface area contributed by atoms with Gasteiger partial charge in [0.1, 0.15) is 5.76 Å². The Kier molecular flexibility index (Phi) is 2.44. The van der Waals surface area contributed by atoms with Gasteiger partial charge in [0, 0.05) is 0 Å². The molecule has 0 spiro atoms. The minimum atomic E-state index is -0.993. The summed E-state index contributed by atoms with van der Waals surface area (Å²) < 4.78 is 30.9. The van der Waals surface area contributed by atoms with Crippen LogP contribution >= 0.6 is 11.6 Å². The summed E-state index contributed by atoms with van der Waals surface area (Å²) in [6.07, 6.45) is 1.48. The Morgan fingerprint density at radius 3 is 2.53 bits per heavy atom. The highest BCUT2D eigenvalue weighted by Crippen LogP contribution is 2.29. The Morgan fingerprint density at radius 1 is 1.27 bits per heavy atom. The largest absolute Gasteiger partial charge is 0.441 e. The maximum Gasteiger partial charge on any atom is 0.227 e. The maximum absolute atomic E-state index is 12.9. The minimum absolute atomic E-state index is 0.0655. The van der Waals surface area contributed by atoms with Gasteiger partial charge in [-0.05, 0) is 19.1 Å². The summed E-state index contributed by atoms with van der Waals surface area (Å²) in [5.41, 5.74) is 0.240. The van der Waals surface area contributed by atoms with E-state index in [0.717, 1.165) is 12.1 Å². The van der Waals surface area contributed by atoms with Gasteiger partial charge in [-0.15, -0.1) is 0 Å². The van der Waals surface area contributed by atoms with Crippen molar-refractivity contribution in [1.29, 1.82) is 0 Å². The second kappa shape index (κ2) is 3.62. The topological polar surface area (TPSA) is 26.0 Å². The molecule has 1 aromatic heterocycles. The first-order valence-corrected chi connectivity index (χ1v) is 4.53. The van der Waals surface area contributed by atoms with Gasteiger partial charge in [-0.25, -0.2) is 13.8 Å². The van der Waals surface area contributed by atoms with Crippen LogP contribution in [0.1, 0.15) is 5.76 Å². The number of hydrogen-bond donors (Lipinski definition) is 0. The zero-order valence-corrected chi connectivity index (χ0v) is 8.48. The fourth-order valence-corrected chi connectivity index (χ4v) is 1.40. The minimum Gasteiger partial charge on any atom is -0.441 e. The molecule has 1 heterocycles. The number of hydrogen-bond acceptors (Lipinski definition) is 2. The van der Waals surface area contributed by atoms with Gasteiger partial charge >= 0.3 is 0 Å². The monoisotopic (exact) mass is 229 g/mol. The fraction of sp³-hybridized carbons (Fsp3) is 0.100. The van der Waals surface area contributed by atoms with Crippen molar-refractivity contribution in [1.82, 2.24) is 4.98 Å². The van der Waals surface area contributed by atoms with Crippen molar-refractivity contribution in [3.05, 3.63) is 40.7 Å². The molecule has 0 bridgehead atoms. The molecule has 78 valence electrons. The highest BCUT2D eigenvalue weighted by molar-refractivity contribution is 6.33. The third kappa shape index (κ3) is 1.85. The van der Waals surface area contributed by atoms with E-state index in [1.807, 2.05) is 0 Å². The van der Waals surface area contributed by atoms with Crippen molar-refractivity contribution in [2.24, 2.45) is 0 Å². The van der Waals surface area contributed by atoms with Crippen molar-refractivity contribution in [3.63, 3.8) is 0 Å². The Labute approximate surface area is 89.5 Å². The average molecular weight is 230 g/mol. The summed E-state index contributed by atoms with van der Waals surface area (Å²) >= 11 is 5.74. The van der Waals surface area contributed by atoms with E-state index in [-0.39, 0.29) is 16.5 Å². The molecule has 0 saturated heterocycles. The molecular formula is C10H6ClF2NO. The molecule has 0 N–H and O–H groups in total. The molecule has 2 rings (SSSR count). The Balaban J connectivity index is 2.58. The molecular weight excluding hydrogens is 224 g/mol. The van der Waals surface area contributed by atoms with Gasteiger partial charge in [0.2, 0.25) is 5.89 Å². The van der Waals surface area contributed by atoms with Crippen molar-refractivity contribution >= 4 is 11.6 Å². The highest BCUT2D eigenvalue weighted by Gasteiger charge is 2.13. The molecule has 0 unspecified atom stereocenters. The van der Waals surface area contributed by atoms with Crippen LogP contribution in [-0.4, -0.2) is 4.98 Å². The second-order valence-electron chi connectivity index (χ2n) is 3.02.